The van der Waals surface area contributed by atoms with Crippen LogP contribution in [0.5, 0.6) is 0 Å². The molecule has 2 atom stereocenters. The van der Waals surface area contributed by atoms with Crippen LogP contribution >= 0.6 is 11.3 Å². The largest absolute Gasteiger partial charge is 0.306 e. The fourth-order valence-corrected chi connectivity index (χ4v) is 5.63. The molecule has 0 radical (unpaired) electrons. The molecule has 8 heteroatoms. The summed E-state index contributed by atoms with van der Waals surface area (Å²) in [5.74, 6) is -1.45. The molecular formula is C21H28F2N4OS. The Kier molecular flexibility index (Phi) is 6.13. The van der Waals surface area contributed by atoms with Gasteiger partial charge in [0, 0.05) is 24.1 Å². The van der Waals surface area contributed by atoms with Crippen LogP contribution in [-0.4, -0.2) is 60.0 Å². The molecule has 2 fully saturated rings. The zero-order chi connectivity index (χ0) is 20.5. The van der Waals surface area contributed by atoms with Crippen molar-refractivity contribution < 1.29 is 13.6 Å². The van der Waals surface area contributed by atoms with Crippen LogP contribution in [0, 0.1) is 17.6 Å². The molecule has 0 spiro atoms. The smallest absolute Gasteiger partial charge is 0.229 e. The van der Waals surface area contributed by atoms with E-state index >= 15 is 0 Å². The van der Waals surface area contributed by atoms with Gasteiger partial charge in [-0.25, -0.2) is 13.8 Å². The van der Waals surface area contributed by atoms with E-state index in [1.807, 2.05) is 0 Å². The Hall–Kier alpha value is -1.64. The SMILES string of the molecule is CN(C)C1CCN(C2CCCC(C(=O)Nc3nc4c(F)cc(F)cc4s3)C2)CC1. The van der Waals surface area contributed by atoms with Crippen molar-refractivity contribution in [2.75, 3.05) is 32.5 Å². The van der Waals surface area contributed by atoms with E-state index in [0.717, 1.165) is 56.2 Å². The van der Waals surface area contributed by atoms with Gasteiger partial charge in [-0.3, -0.25) is 4.79 Å². The normalized spacial score (nSPS) is 24.3. The van der Waals surface area contributed by atoms with Crippen LogP contribution in [-0.2, 0) is 4.79 Å². The highest BCUT2D eigenvalue weighted by Gasteiger charge is 2.33. The van der Waals surface area contributed by atoms with Crippen LogP contribution in [0.25, 0.3) is 10.2 Å². The van der Waals surface area contributed by atoms with Gasteiger partial charge in [-0.15, -0.1) is 0 Å². The molecule has 1 aliphatic carbocycles. The van der Waals surface area contributed by atoms with Crippen molar-refractivity contribution >= 4 is 32.6 Å². The third-order valence-corrected chi connectivity index (χ3v) is 7.32. The zero-order valence-electron chi connectivity index (χ0n) is 17.0. The van der Waals surface area contributed by atoms with Gasteiger partial charge in [0.2, 0.25) is 5.91 Å². The van der Waals surface area contributed by atoms with Crippen LogP contribution in [0.4, 0.5) is 13.9 Å². The van der Waals surface area contributed by atoms with Crippen molar-refractivity contribution in [1.82, 2.24) is 14.8 Å². The number of fused-ring (bicyclic) bond motifs is 1. The lowest BCUT2D eigenvalue weighted by molar-refractivity contribution is -0.121. The molecule has 1 saturated heterocycles. The molecular weight excluding hydrogens is 394 g/mol. The van der Waals surface area contributed by atoms with Gasteiger partial charge in [0.25, 0.3) is 0 Å². The number of nitrogens with zero attached hydrogens (tertiary/aromatic N) is 3. The van der Waals surface area contributed by atoms with Gasteiger partial charge in [-0.05, 0) is 65.4 Å². The fourth-order valence-electron chi connectivity index (χ4n) is 4.72. The van der Waals surface area contributed by atoms with E-state index in [1.165, 1.54) is 18.9 Å². The Morgan fingerprint density at radius 3 is 2.69 bits per heavy atom. The molecule has 2 unspecified atom stereocenters. The van der Waals surface area contributed by atoms with E-state index in [4.69, 9.17) is 0 Å². The summed E-state index contributed by atoms with van der Waals surface area (Å²) in [7, 11) is 4.28. The number of hydrogen-bond acceptors (Lipinski definition) is 5. The summed E-state index contributed by atoms with van der Waals surface area (Å²) in [6, 6.07) is 3.17. The molecule has 4 rings (SSSR count). The quantitative estimate of drug-likeness (QED) is 0.806. The van der Waals surface area contributed by atoms with Crippen molar-refractivity contribution in [3.8, 4) is 0 Å². The molecule has 2 aromatic rings. The zero-order valence-corrected chi connectivity index (χ0v) is 17.8. The number of amides is 1. The highest BCUT2D eigenvalue weighted by molar-refractivity contribution is 7.22. The summed E-state index contributed by atoms with van der Waals surface area (Å²) in [6.45, 7) is 2.18. The molecule has 2 aliphatic rings. The standard InChI is InChI=1S/C21H28F2N4OS/c1-26(2)15-6-8-27(9-7-15)16-5-3-4-13(10-16)20(28)25-21-24-19-17(23)11-14(22)12-18(19)29-21/h11-13,15-16H,3-10H2,1-2H3,(H,24,25,28). The molecule has 29 heavy (non-hydrogen) atoms. The van der Waals surface area contributed by atoms with E-state index in [0.29, 0.717) is 21.9 Å². The summed E-state index contributed by atoms with van der Waals surface area (Å²) < 4.78 is 27.7. The lowest BCUT2D eigenvalue weighted by Gasteiger charge is -2.42. The van der Waals surface area contributed by atoms with Crippen LogP contribution < -0.4 is 5.32 Å². The Bertz CT molecular complexity index is 879. The van der Waals surface area contributed by atoms with Crippen molar-refractivity contribution in [1.29, 1.82) is 0 Å². The van der Waals surface area contributed by atoms with Crippen molar-refractivity contribution in [3.05, 3.63) is 23.8 Å². The molecule has 1 N–H and O–H groups in total. The predicted molar refractivity (Wildman–Crippen MR) is 112 cm³/mol. The highest BCUT2D eigenvalue weighted by atomic mass is 32.1. The first-order chi connectivity index (χ1) is 13.9. The predicted octanol–water partition coefficient (Wildman–Crippen LogP) is 4.10. The van der Waals surface area contributed by atoms with Gasteiger partial charge in [-0.2, -0.15) is 0 Å². The second-order valence-corrected chi connectivity index (χ2v) is 9.52. The molecule has 1 aromatic carbocycles. The molecule has 5 nitrogen and oxygen atoms in total. The number of nitrogens with one attached hydrogen (secondary N) is 1. The van der Waals surface area contributed by atoms with Gasteiger partial charge in [0.05, 0.1) is 4.70 Å². The highest BCUT2D eigenvalue weighted by Crippen LogP contribution is 2.33. The summed E-state index contributed by atoms with van der Waals surface area (Å²) >= 11 is 1.11. The number of rotatable bonds is 4. The summed E-state index contributed by atoms with van der Waals surface area (Å²) in [5.41, 5.74) is 0.108. The number of hydrogen-bond donors (Lipinski definition) is 1. The van der Waals surface area contributed by atoms with E-state index in [1.54, 1.807) is 0 Å². The average molecular weight is 423 g/mol. The molecule has 1 amide bonds. The maximum absolute atomic E-state index is 13.9. The minimum Gasteiger partial charge on any atom is -0.306 e. The number of thiazole rings is 1. The molecule has 1 aliphatic heterocycles. The molecule has 1 saturated carbocycles. The van der Waals surface area contributed by atoms with Gasteiger partial charge in [-0.1, -0.05) is 17.8 Å². The maximum atomic E-state index is 13.9. The van der Waals surface area contributed by atoms with E-state index in [9.17, 15) is 13.6 Å². The van der Waals surface area contributed by atoms with E-state index < -0.39 is 11.6 Å². The summed E-state index contributed by atoms with van der Waals surface area (Å²) in [5, 5.41) is 3.18. The Labute approximate surface area is 174 Å². The van der Waals surface area contributed by atoms with Gasteiger partial charge >= 0.3 is 0 Å². The lowest BCUT2D eigenvalue weighted by Crippen LogP contribution is -2.48. The number of benzene rings is 1. The fraction of sp³-hybridized carbons (Fsp3) is 0.619. The number of carbonyl (C=O) groups excluding carboxylic acids is 1. The van der Waals surface area contributed by atoms with Crippen LogP contribution in [0.15, 0.2) is 12.1 Å². The van der Waals surface area contributed by atoms with Crippen molar-refractivity contribution in [2.24, 2.45) is 5.92 Å². The minimum absolute atomic E-state index is 0.0576. The van der Waals surface area contributed by atoms with Gasteiger partial charge in [0.15, 0.2) is 10.9 Å². The second-order valence-electron chi connectivity index (χ2n) is 8.49. The summed E-state index contributed by atoms with van der Waals surface area (Å²) in [6.07, 6.45) is 6.25. The van der Waals surface area contributed by atoms with Crippen LogP contribution in [0.2, 0.25) is 0 Å². The first-order valence-electron chi connectivity index (χ1n) is 10.4. The van der Waals surface area contributed by atoms with E-state index in [2.05, 4.69) is 34.2 Å². The number of carbonyl (C=O) groups is 1. The molecule has 0 bridgehead atoms. The first-order valence-corrected chi connectivity index (χ1v) is 11.2. The van der Waals surface area contributed by atoms with E-state index in [-0.39, 0.29) is 17.3 Å². The Morgan fingerprint density at radius 2 is 1.97 bits per heavy atom. The van der Waals surface area contributed by atoms with Gasteiger partial charge in [0.1, 0.15) is 11.3 Å². The third-order valence-electron chi connectivity index (χ3n) is 6.41. The number of anilines is 1. The average Bonchev–Trinajstić information content (AvgIpc) is 3.10. The topological polar surface area (TPSA) is 48.5 Å². The maximum Gasteiger partial charge on any atom is 0.229 e. The number of likely N-dealkylation sites (tertiary alicyclic amines) is 1. The van der Waals surface area contributed by atoms with Crippen LogP contribution in [0.3, 0.4) is 0 Å². The van der Waals surface area contributed by atoms with Crippen LogP contribution in [0.1, 0.15) is 38.5 Å². The monoisotopic (exact) mass is 422 g/mol. The lowest BCUT2D eigenvalue weighted by atomic mass is 9.83. The summed E-state index contributed by atoms with van der Waals surface area (Å²) in [4.78, 5) is 21.8. The Morgan fingerprint density at radius 1 is 1.21 bits per heavy atom. The third kappa shape index (κ3) is 4.59. The van der Waals surface area contributed by atoms with Crippen molar-refractivity contribution in [2.45, 2.75) is 50.6 Å². The Balaban J connectivity index is 1.37. The minimum atomic E-state index is -0.699. The first kappa shape index (κ1) is 20.6. The second kappa shape index (κ2) is 8.62. The number of aromatic nitrogens is 1. The molecule has 1 aromatic heterocycles. The molecule has 158 valence electrons. The number of halogens is 2. The number of piperidine rings is 1. The van der Waals surface area contributed by atoms with Gasteiger partial charge < -0.3 is 15.1 Å². The van der Waals surface area contributed by atoms with Crippen molar-refractivity contribution in [3.63, 3.8) is 0 Å². The molecule has 2 heterocycles.